The van der Waals surface area contributed by atoms with Crippen LogP contribution < -0.4 is 10.7 Å². The highest BCUT2D eigenvalue weighted by atomic mass is 32.1. The lowest BCUT2D eigenvalue weighted by Gasteiger charge is -2.02. The Hall–Kier alpha value is -1.68. The molecule has 0 aliphatic carbocycles. The first-order chi connectivity index (χ1) is 7.72. The largest absolute Gasteiger partial charge is 0.358 e. The van der Waals surface area contributed by atoms with Gasteiger partial charge in [0.1, 0.15) is 0 Å². The van der Waals surface area contributed by atoms with Gasteiger partial charge in [-0.1, -0.05) is 35.9 Å². The van der Waals surface area contributed by atoms with Crippen molar-refractivity contribution in [1.82, 2.24) is 10.7 Å². The van der Waals surface area contributed by atoms with Crippen LogP contribution in [0.15, 0.2) is 42.0 Å². The molecule has 84 valence electrons. The summed E-state index contributed by atoms with van der Waals surface area (Å²) in [4.78, 5) is 0. The van der Waals surface area contributed by atoms with E-state index < -0.39 is 0 Å². The molecule has 0 amide bonds. The van der Waals surface area contributed by atoms with Crippen molar-refractivity contribution in [3.8, 4) is 0 Å². The van der Waals surface area contributed by atoms with Crippen molar-refractivity contribution < 1.29 is 0 Å². The Morgan fingerprint density at radius 2 is 2.12 bits per heavy atom. The lowest BCUT2D eigenvalue weighted by molar-refractivity contribution is 0.942. The maximum Gasteiger partial charge on any atom is 0.187 e. The van der Waals surface area contributed by atoms with E-state index in [1.54, 1.807) is 12.3 Å². The molecule has 0 bridgehead atoms. The molecule has 16 heavy (non-hydrogen) atoms. The molecule has 0 spiro atoms. The predicted octanol–water partition coefficient (Wildman–Crippen LogP) is 1.98. The molecule has 0 aliphatic rings. The molecular weight excluding hydrogens is 218 g/mol. The van der Waals surface area contributed by atoms with E-state index in [1.165, 1.54) is 5.56 Å². The van der Waals surface area contributed by atoms with E-state index in [0.717, 1.165) is 5.56 Å². The zero-order chi connectivity index (χ0) is 11.8. The van der Waals surface area contributed by atoms with Gasteiger partial charge in [0, 0.05) is 6.54 Å². The van der Waals surface area contributed by atoms with E-state index >= 15 is 0 Å². The lowest BCUT2D eigenvalue weighted by atomic mass is 10.2. The summed E-state index contributed by atoms with van der Waals surface area (Å²) in [7, 11) is 0. The molecule has 4 heteroatoms. The number of hydrazone groups is 1. The van der Waals surface area contributed by atoms with E-state index in [0.29, 0.717) is 11.7 Å². The van der Waals surface area contributed by atoms with Crippen LogP contribution in [0.3, 0.4) is 0 Å². The first-order valence-electron chi connectivity index (χ1n) is 4.97. The van der Waals surface area contributed by atoms with Gasteiger partial charge in [-0.2, -0.15) is 5.10 Å². The van der Waals surface area contributed by atoms with Crippen molar-refractivity contribution in [2.75, 3.05) is 6.54 Å². The third kappa shape index (κ3) is 4.70. The number of hydrogen-bond donors (Lipinski definition) is 2. The fourth-order valence-electron chi connectivity index (χ4n) is 1.02. The van der Waals surface area contributed by atoms with Crippen LogP contribution in [-0.2, 0) is 0 Å². The summed E-state index contributed by atoms with van der Waals surface area (Å²) in [5, 5.41) is 7.42. The fraction of sp³-hybridized carbons (Fsp3) is 0.167. The molecule has 0 atom stereocenters. The van der Waals surface area contributed by atoms with Crippen molar-refractivity contribution in [2.24, 2.45) is 5.10 Å². The second-order valence-corrected chi connectivity index (χ2v) is 3.69. The van der Waals surface area contributed by atoms with Crippen LogP contribution in [-0.4, -0.2) is 17.9 Å². The van der Waals surface area contributed by atoms with Gasteiger partial charge >= 0.3 is 0 Å². The monoisotopic (exact) mass is 233 g/mol. The Morgan fingerprint density at radius 3 is 2.75 bits per heavy atom. The number of nitrogens with one attached hydrogen (secondary N) is 2. The average molecular weight is 233 g/mol. The number of hydrogen-bond acceptors (Lipinski definition) is 2. The maximum atomic E-state index is 4.97. The number of aryl methyl sites for hydroxylation is 1. The molecule has 1 rings (SSSR count). The van der Waals surface area contributed by atoms with Crippen LogP contribution in [0.1, 0.15) is 11.1 Å². The van der Waals surface area contributed by atoms with Crippen LogP contribution in [0.2, 0.25) is 0 Å². The standard InChI is InChI=1S/C12H15N3S/c1-3-8-13-12(16)15-14-9-11-6-4-10(2)5-7-11/h3-7,9H,1,8H2,2H3,(H2,13,15,16)/b14-9+. The topological polar surface area (TPSA) is 36.4 Å². The van der Waals surface area contributed by atoms with Crippen LogP contribution in [0.25, 0.3) is 0 Å². The highest BCUT2D eigenvalue weighted by molar-refractivity contribution is 7.80. The van der Waals surface area contributed by atoms with Gasteiger partial charge in [-0.25, -0.2) is 0 Å². The number of benzene rings is 1. The van der Waals surface area contributed by atoms with Crippen molar-refractivity contribution in [3.05, 3.63) is 48.0 Å². The van der Waals surface area contributed by atoms with Gasteiger partial charge in [0.2, 0.25) is 0 Å². The zero-order valence-electron chi connectivity index (χ0n) is 9.23. The number of rotatable bonds is 4. The number of thiocarbonyl (C=S) groups is 1. The predicted molar refractivity (Wildman–Crippen MR) is 72.7 cm³/mol. The van der Waals surface area contributed by atoms with Crippen molar-refractivity contribution >= 4 is 23.5 Å². The molecular formula is C12H15N3S. The van der Waals surface area contributed by atoms with Gasteiger partial charge in [0.15, 0.2) is 5.11 Å². The third-order valence-corrected chi connectivity index (χ3v) is 2.10. The SMILES string of the molecule is C=CCNC(=S)N/N=C/c1ccc(C)cc1. The van der Waals surface area contributed by atoms with E-state index in [4.69, 9.17) is 12.2 Å². The van der Waals surface area contributed by atoms with Crippen LogP contribution in [0.5, 0.6) is 0 Å². The summed E-state index contributed by atoms with van der Waals surface area (Å²) >= 11 is 4.97. The third-order valence-electron chi connectivity index (χ3n) is 1.86. The minimum Gasteiger partial charge on any atom is -0.358 e. The van der Waals surface area contributed by atoms with Gasteiger partial charge in [-0.3, -0.25) is 5.43 Å². The molecule has 1 aromatic rings. The second kappa shape index (κ2) is 6.74. The summed E-state index contributed by atoms with van der Waals surface area (Å²) in [6.45, 7) is 6.26. The Balaban J connectivity index is 2.39. The van der Waals surface area contributed by atoms with Gasteiger partial charge in [-0.05, 0) is 24.7 Å². The van der Waals surface area contributed by atoms with E-state index in [2.05, 4.69) is 22.4 Å². The molecule has 2 N–H and O–H groups in total. The maximum absolute atomic E-state index is 4.97. The summed E-state index contributed by atoms with van der Waals surface area (Å²) < 4.78 is 0. The van der Waals surface area contributed by atoms with Crippen LogP contribution in [0, 0.1) is 6.92 Å². The first kappa shape index (κ1) is 12.4. The van der Waals surface area contributed by atoms with E-state index in [-0.39, 0.29) is 0 Å². The molecule has 0 saturated carbocycles. The second-order valence-electron chi connectivity index (χ2n) is 3.28. The molecule has 0 aliphatic heterocycles. The van der Waals surface area contributed by atoms with Gasteiger partial charge in [0.05, 0.1) is 6.21 Å². The molecule has 0 unspecified atom stereocenters. The molecule has 3 nitrogen and oxygen atoms in total. The Morgan fingerprint density at radius 1 is 1.44 bits per heavy atom. The molecule has 1 aromatic carbocycles. The molecule has 0 heterocycles. The van der Waals surface area contributed by atoms with E-state index in [9.17, 15) is 0 Å². The normalized spacial score (nSPS) is 10.1. The van der Waals surface area contributed by atoms with Gasteiger partial charge in [-0.15, -0.1) is 6.58 Å². The fourth-order valence-corrected chi connectivity index (χ4v) is 1.16. The molecule has 0 fully saturated rings. The Kier molecular flexibility index (Phi) is 5.22. The van der Waals surface area contributed by atoms with Crippen molar-refractivity contribution in [1.29, 1.82) is 0 Å². The average Bonchev–Trinajstić information content (AvgIpc) is 2.29. The van der Waals surface area contributed by atoms with Crippen LogP contribution >= 0.6 is 12.2 Å². The summed E-state index contributed by atoms with van der Waals surface area (Å²) in [6, 6.07) is 8.08. The Bertz CT molecular complexity index is 382. The highest BCUT2D eigenvalue weighted by Gasteiger charge is 1.89. The minimum atomic E-state index is 0.489. The Labute approximate surface area is 101 Å². The smallest absolute Gasteiger partial charge is 0.187 e. The molecule has 0 radical (unpaired) electrons. The quantitative estimate of drug-likeness (QED) is 0.361. The van der Waals surface area contributed by atoms with Crippen LogP contribution in [0.4, 0.5) is 0 Å². The van der Waals surface area contributed by atoms with Gasteiger partial charge in [0.25, 0.3) is 0 Å². The molecule has 0 aromatic heterocycles. The highest BCUT2D eigenvalue weighted by Crippen LogP contribution is 1.99. The zero-order valence-corrected chi connectivity index (χ0v) is 10.1. The lowest BCUT2D eigenvalue weighted by Crippen LogP contribution is -2.31. The van der Waals surface area contributed by atoms with Crippen molar-refractivity contribution in [3.63, 3.8) is 0 Å². The summed E-state index contributed by atoms with van der Waals surface area (Å²) in [5.41, 5.74) is 4.98. The van der Waals surface area contributed by atoms with Crippen molar-refractivity contribution in [2.45, 2.75) is 6.92 Å². The molecule has 0 saturated heterocycles. The van der Waals surface area contributed by atoms with Gasteiger partial charge < -0.3 is 5.32 Å². The minimum absolute atomic E-state index is 0.489. The summed E-state index contributed by atoms with van der Waals surface area (Å²) in [5.74, 6) is 0. The number of nitrogens with zero attached hydrogens (tertiary/aromatic N) is 1. The van der Waals surface area contributed by atoms with E-state index in [1.807, 2.05) is 31.2 Å². The summed E-state index contributed by atoms with van der Waals surface area (Å²) in [6.07, 6.45) is 3.46. The first-order valence-corrected chi connectivity index (χ1v) is 5.37.